The lowest BCUT2D eigenvalue weighted by Crippen LogP contribution is -2.34. The quantitative estimate of drug-likeness (QED) is 0.317. The van der Waals surface area contributed by atoms with Crippen molar-refractivity contribution in [2.75, 3.05) is 6.61 Å². The first kappa shape index (κ1) is 25.1. The molecule has 2 saturated carbocycles. The first-order valence-corrected chi connectivity index (χ1v) is 14.2. The third-order valence-electron chi connectivity index (χ3n) is 9.07. The minimum Gasteiger partial charge on any atom is -0.378 e. The Morgan fingerprint density at radius 1 is 0.848 bits per heavy atom. The number of ether oxygens (including phenoxy) is 1. The van der Waals surface area contributed by atoms with Gasteiger partial charge in [-0.1, -0.05) is 58.4 Å². The van der Waals surface area contributed by atoms with Crippen molar-refractivity contribution in [2.45, 2.75) is 129 Å². The smallest absolute Gasteiger partial charge is 0.162 e. The highest BCUT2D eigenvalue weighted by molar-refractivity contribution is 5.38. The Labute approximate surface area is 201 Å². The Hall–Kier alpha value is -0.960. The summed E-state index contributed by atoms with van der Waals surface area (Å²) in [6.45, 7) is 5.35. The summed E-state index contributed by atoms with van der Waals surface area (Å²) >= 11 is 0. The van der Waals surface area contributed by atoms with Gasteiger partial charge in [0.25, 0.3) is 0 Å². The molecule has 3 aliphatic rings. The second kappa shape index (κ2) is 12.1. The number of unbranched alkanes of at least 4 members (excludes halogenated alkanes) is 4. The average molecular weight is 461 g/mol. The van der Waals surface area contributed by atoms with Gasteiger partial charge < -0.3 is 4.74 Å². The van der Waals surface area contributed by atoms with Gasteiger partial charge in [-0.3, -0.25) is 0 Å². The molecule has 5 unspecified atom stereocenters. The van der Waals surface area contributed by atoms with Crippen molar-refractivity contribution in [1.82, 2.24) is 0 Å². The number of fused-ring (bicyclic) bond motifs is 2. The molecule has 0 aliphatic heterocycles. The van der Waals surface area contributed by atoms with Crippen LogP contribution in [0.4, 0.5) is 8.78 Å². The second-order valence-corrected chi connectivity index (χ2v) is 11.4. The Balaban J connectivity index is 1.34. The molecule has 3 heteroatoms. The maximum absolute atomic E-state index is 15.3. The summed E-state index contributed by atoms with van der Waals surface area (Å²) in [5, 5.41) is 0. The van der Waals surface area contributed by atoms with Gasteiger partial charge in [-0.25, -0.2) is 8.78 Å². The van der Waals surface area contributed by atoms with Gasteiger partial charge >= 0.3 is 0 Å². The molecule has 0 amide bonds. The topological polar surface area (TPSA) is 9.23 Å². The fraction of sp³-hybridized carbons (Fsp3) is 0.800. The third kappa shape index (κ3) is 6.19. The molecule has 0 spiro atoms. The number of hydrogen-bond donors (Lipinski definition) is 0. The zero-order valence-corrected chi connectivity index (χ0v) is 21.1. The van der Waals surface area contributed by atoms with Crippen molar-refractivity contribution in [3.8, 4) is 0 Å². The van der Waals surface area contributed by atoms with Crippen molar-refractivity contribution in [3.63, 3.8) is 0 Å². The molecule has 0 saturated heterocycles. The maximum Gasteiger partial charge on any atom is 0.162 e. The Kier molecular flexibility index (Phi) is 9.25. The molecule has 0 N–H and O–H groups in total. The Morgan fingerprint density at radius 3 is 2.45 bits per heavy atom. The van der Waals surface area contributed by atoms with E-state index < -0.39 is 11.6 Å². The summed E-state index contributed by atoms with van der Waals surface area (Å²) in [6.07, 6.45) is 18.4. The summed E-state index contributed by atoms with van der Waals surface area (Å²) < 4.78 is 36.7. The molecule has 1 aromatic rings. The molecule has 0 bridgehead atoms. The Morgan fingerprint density at radius 2 is 1.64 bits per heavy atom. The molecule has 5 atom stereocenters. The summed E-state index contributed by atoms with van der Waals surface area (Å²) in [5.74, 6) is 1.02. The van der Waals surface area contributed by atoms with Gasteiger partial charge in [0.05, 0.1) is 6.10 Å². The van der Waals surface area contributed by atoms with Crippen LogP contribution in [-0.2, 0) is 17.6 Å². The first-order valence-electron chi connectivity index (χ1n) is 14.2. The zero-order valence-electron chi connectivity index (χ0n) is 21.1. The minimum absolute atomic E-state index is 0.190. The van der Waals surface area contributed by atoms with Gasteiger partial charge in [-0.05, 0) is 105 Å². The molecule has 4 rings (SSSR count). The standard InChI is InChI=1S/C30H46F2O/c1-3-5-7-8-16-33-26-15-14-22-18-24(13-12-23(22)19-26)28-20-25-11-10-21(9-6-4-2)17-27(25)29(31)30(28)32/h20-24,26H,3-19H2,1-2H3. The Bertz CT molecular complexity index is 760. The summed E-state index contributed by atoms with van der Waals surface area (Å²) in [7, 11) is 0. The highest BCUT2D eigenvalue weighted by Crippen LogP contribution is 2.48. The zero-order chi connectivity index (χ0) is 23.2. The van der Waals surface area contributed by atoms with Crippen LogP contribution in [0.25, 0.3) is 0 Å². The maximum atomic E-state index is 15.3. The van der Waals surface area contributed by atoms with Crippen LogP contribution in [0.3, 0.4) is 0 Å². The third-order valence-corrected chi connectivity index (χ3v) is 9.07. The number of hydrogen-bond acceptors (Lipinski definition) is 1. The van der Waals surface area contributed by atoms with Crippen LogP contribution in [0.1, 0.15) is 126 Å². The van der Waals surface area contributed by atoms with E-state index in [1.54, 1.807) is 0 Å². The predicted octanol–water partition coefficient (Wildman–Crippen LogP) is 8.91. The fourth-order valence-corrected chi connectivity index (χ4v) is 7.03. The van der Waals surface area contributed by atoms with E-state index in [9.17, 15) is 0 Å². The summed E-state index contributed by atoms with van der Waals surface area (Å²) in [6, 6.07) is 2.07. The van der Waals surface area contributed by atoms with E-state index in [2.05, 4.69) is 19.9 Å². The molecular weight excluding hydrogens is 414 g/mol. The van der Waals surface area contributed by atoms with E-state index >= 15 is 8.78 Å². The van der Waals surface area contributed by atoms with E-state index in [1.807, 2.05) is 0 Å². The normalized spacial score (nSPS) is 29.5. The molecule has 0 heterocycles. The van der Waals surface area contributed by atoms with E-state index in [-0.39, 0.29) is 5.92 Å². The highest BCUT2D eigenvalue weighted by atomic mass is 19.2. The van der Waals surface area contributed by atoms with E-state index in [4.69, 9.17) is 4.74 Å². The lowest BCUT2D eigenvalue weighted by molar-refractivity contribution is -0.0164. The number of benzene rings is 1. The summed E-state index contributed by atoms with van der Waals surface area (Å²) in [4.78, 5) is 0. The van der Waals surface area contributed by atoms with Crippen LogP contribution in [-0.4, -0.2) is 12.7 Å². The van der Waals surface area contributed by atoms with Gasteiger partial charge in [-0.15, -0.1) is 0 Å². The molecule has 33 heavy (non-hydrogen) atoms. The van der Waals surface area contributed by atoms with Crippen molar-refractivity contribution in [3.05, 3.63) is 34.4 Å². The number of halogens is 2. The molecule has 2 fully saturated rings. The minimum atomic E-state index is -0.530. The summed E-state index contributed by atoms with van der Waals surface area (Å²) in [5.41, 5.74) is 2.47. The van der Waals surface area contributed by atoms with Gasteiger partial charge in [-0.2, -0.15) is 0 Å². The number of aryl methyl sites for hydroxylation is 1. The average Bonchev–Trinajstić information content (AvgIpc) is 2.84. The van der Waals surface area contributed by atoms with Crippen molar-refractivity contribution in [2.24, 2.45) is 17.8 Å². The van der Waals surface area contributed by atoms with E-state index in [0.717, 1.165) is 63.5 Å². The highest BCUT2D eigenvalue weighted by Gasteiger charge is 2.38. The molecule has 0 radical (unpaired) electrons. The van der Waals surface area contributed by atoms with E-state index in [0.29, 0.717) is 35.0 Å². The van der Waals surface area contributed by atoms with Crippen LogP contribution in [0.2, 0.25) is 0 Å². The molecule has 0 aromatic heterocycles. The van der Waals surface area contributed by atoms with Gasteiger partial charge in [0.1, 0.15) is 0 Å². The fourth-order valence-electron chi connectivity index (χ4n) is 7.03. The molecular formula is C30H46F2O. The van der Waals surface area contributed by atoms with Crippen LogP contribution >= 0.6 is 0 Å². The molecule has 1 nitrogen and oxygen atoms in total. The van der Waals surface area contributed by atoms with Crippen molar-refractivity contribution in [1.29, 1.82) is 0 Å². The van der Waals surface area contributed by atoms with Crippen LogP contribution < -0.4 is 0 Å². The van der Waals surface area contributed by atoms with Crippen LogP contribution in [0.5, 0.6) is 0 Å². The van der Waals surface area contributed by atoms with Crippen molar-refractivity contribution >= 4 is 0 Å². The van der Waals surface area contributed by atoms with Gasteiger partial charge in [0.15, 0.2) is 11.6 Å². The largest absolute Gasteiger partial charge is 0.378 e. The van der Waals surface area contributed by atoms with Gasteiger partial charge in [0, 0.05) is 6.61 Å². The number of rotatable bonds is 10. The SMILES string of the molecule is CCCCCCOC1CCC2CC(c3cc4c(c(F)c3F)CC(CCCC)CC4)CCC2C1. The molecule has 1 aromatic carbocycles. The molecule has 3 aliphatic carbocycles. The lowest BCUT2D eigenvalue weighted by atomic mass is 9.65. The van der Waals surface area contributed by atoms with Crippen LogP contribution in [0.15, 0.2) is 6.07 Å². The van der Waals surface area contributed by atoms with Crippen molar-refractivity contribution < 1.29 is 13.5 Å². The van der Waals surface area contributed by atoms with Gasteiger partial charge in [0.2, 0.25) is 0 Å². The lowest BCUT2D eigenvalue weighted by Gasteiger charge is -2.42. The van der Waals surface area contributed by atoms with Crippen LogP contribution in [0, 0.1) is 29.4 Å². The monoisotopic (exact) mass is 460 g/mol. The van der Waals surface area contributed by atoms with E-state index in [1.165, 1.54) is 51.4 Å². The predicted molar refractivity (Wildman–Crippen MR) is 133 cm³/mol. The first-order chi connectivity index (χ1) is 16.1. The molecule has 186 valence electrons. The second-order valence-electron chi connectivity index (χ2n) is 11.4.